The van der Waals surface area contributed by atoms with E-state index >= 15 is 0 Å². The minimum Gasteiger partial charge on any atom is -0.480 e. The Hall–Kier alpha value is -1.26. The van der Waals surface area contributed by atoms with E-state index < -0.39 is 22.5 Å². The summed E-state index contributed by atoms with van der Waals surface area (Å²) in [5.74, 6) is -1.26. The summed E-state index contributed by atoms with van der Waals surface area (Å²) in [6, 6.07) is 0. The van der Waals surface area contributed by atoms with E-state index in [9.17, 15) is 13.2 Å². The Morgan fingerprint density at radius 1 is 1.67 bits per heavy atom. The van der Waals surface area contributed by atoms with Gasteiger partial charge in [-0.25, -0.2) is 13.1 Å². The van der Waals surface area contributed by atoms with Gasteiger partial charge in [-0.2, -0.15) is 4.31 Å². The average molecular weight is 339 g/mol. The van der Waals surface area contributed by atoms with Gasteiger partial charge in [0.15, 0.2) is 4.60 Å². The molecule has 0 aliphatic rings. The Morgan fingerprint density at radius 2 is 2.28 bits per heavy atom. The summed E-state index contributed by atoms with van der Waals surface area (Å²) < 4.78 is 26.3. The number of hydrogen-bond donors (Lipinski definition) is 1. The van der Waals surface area contributed by atoms with Crippen molar-refractivity contribution in [3.05, 3.63) is 17.3 Å². The molecule has 1 rings (SSSR count). The SMILES string of the molecule is C=CCN(CC(=O)O)S(=O)(=O)c1c(Br)nnn1C. The number of hydrogen-bond acceptors (Lipinski definition) is 5. The maximum atomic E-state index is 12.2. The number of aromatic nitrogens is 3. The molecule has 1 aromatic rings. The summed E-state index contributed by atoms with van der Waals surface area (Å²) in [6.45, 7) is 2.62. The highest BCUT2D eigenvalue weighted by Gasteiger charge is 2.31. The molecule has 0 saturated carbocycles. The van der Waals surface area contributed by atoms with Crippen LogP contribution >= 0.6 is 15.9 Å². The number of nitrogens with zero attached hydrogens (tertiary/aromatic N) is 4. The van der Waals surface area contributed by atoms with E-state index in [2.05, 4.69) is 32.8 Å². The lowest BCUT2D eigenvalue weighted by atomic mass is 10.6. The molecule has 100 valence electrons. The zero-order chi connectivity index (χ0) is 13.9. The second-order valence-corrected chi connectivity index (χ2v) is 5.89. The van der Waals surface area contributed by atoms with Crippen LogP contribution in [0.2, 0.25) is 0 Å². The topological polar surface area (TPSA) is 105 Å². The molecule has 0 amide bonds. The highest BCUT2D eigenvalue weighted by Crippen LogP contribution is 2.21. The molecule has 0 bridgehead atoms. The molecular formula is C8H11BrN4O4S. The summed E-state index contributed by atoms with van der Waals surface area (Å²) in [5.41, 5.74) is 0. The van der Waals surface area contributed by atoms with Crippen molar-refractivity contribution < 1.29 is 18.3 Å². The van der Waals surface area contributed by atoms with Gasteiger partial charge in [-0.05, 0) is 15.9 Å². The molecule has 0 aliphatic carbocycles. The third-order valence-corrected chi connectivity index (χ3v) is 4.67. The van der Waals surface area contributed by atoms with Crippen molar-refractivity contribution in [2.45, 2.75) is 5.03 Å². The lowest BCUT2D eigenvalue weighted by molar-refractivity contribution is -0.137. The second-order valence-electron chi connectivity index (χ2n) is 3.29. The van der Waals surface area contributed by atoms with E-state index in [1.807, 2.05) is 0 Å². The Morgan fingerprint density at radius 3 is 2.67 bits per heavy atom. The van der Waals surface area contributed by atoms with Crippen LogP contribution < -0.4 is 0 Å². The number of rotatable bonds is 6. The van der Waals surface area contributed by atoms with E-state index in [1.54, 1.807) is 0 Å². The van der Waals surface area contributed by atoms with Gasteiger partial charge < -0.3 is 5.11 Å². The van der Waals surface area contributed by atoms with E-state index in [-0.39, 0.29) is 16.2 Å². The van der Waals surface area contributed by atoms with Gasteiger partial charge >= 0.3 is 5.97 Å². The first-order chi connectivity index (χ1) is 8.30. The lowest BCUT2D eigenvalue weighted by Crippen LogP contribution is -2.36. The first-order valence-electron chi connectivity index (χ1n) is 4.68. The molecule has 0 unspecified atom stereocenters. The number of carbonyl (C=O) groups is 1. The zero-order valence-corrected chi connectivity index (χ0v) is 11.8. The van der Waals surface area contributed by atoms with Crippen molar-refractivity contribution in [2.24, 2.45) is 7.05 Å². The molecule has 1 heterocycles. The molecular weight excluding hydrogens is 328 g/mol. The summed E-state index contributed by atoms with van der Waals surface area (Å²) in [6.07, 6.45) is 1.30. The zero-order valence-electron chi connectivity index (χ0n) is 9.45. The van der Waals surface area contributed by atoms with Crippen molar-refractivity contribution >= 4 is 31.9 Å². The van der Waals surface area contributed by atoms with E-state index in [0.717, 1.165) is 8.99 Å². The van der Waals surface area contributed by atoms with Crippen LogP contribution in [0.5, 0.6) is 0 Å². The van der Waals surface area contributed by atoms with Crippen LogP contribution in [0.1, 0.15) is 0 Å². The van der Waals surface area contributed by atoms with Gasteiger partial charge in [0.1, 0.15) is 6.54 Å². The molecule has 10 heteroatoms. The van der Waals surface area contributed by atoms with E-state index in [0.29, 0.717) is 0 Å². The van der Waals surface area contributed by atoms with Crippen LogP contribution in [0.3, 0.4) is 0 Å². The third-order valence-electron chi connectivity index (χ3n) is 1.97. The molecule has 0 fully saturated rings. The van der Waals surface area contributed by atoms with Gasteiger partial charge in [0.2, 0.25) is 5.03 Å². The molecule has 0 spiro atoms. The highest BCUT2D eigenvalue weighted by atomic mass is 79.9. The first-order valence-corrected chi connectivity index (χ1v) is 6.92. The minimum absolute atomic E-state index is 0.0319. The second kappa shape index (κ2) is 5.59. The average Bonchev–Trinajstić information content (AvgIpc) is 2.57. The van der Waals surface area contributed by atoms with Gasteiger partial charge in [-0.3, -0.25) is 4.79 Å². The predicted molar refractivity (Wildman–Crippen MR) is 65.3 cm³/mol. The molecule has 1 aromatic heterocycles. The van der Waals surface area contributed by atoms with Crippen molar-refractivity contribution in [1.29, 1.82) is 0 Å². The van der Waals surface area contributed by atoms with Gasteiger partial charge in [-0.1, -0.05) is 11.3 Å². The summed E-state index contributed by atoms with van der Waals surface area (Å²) in [4.78, 5) is 10.7. The molecule has 0 atom stereocenters. The van der Waals surface area contributed by atoms with Gasteiger partial charge in [0.25, 0.3) is 10.0 Å². The molecule has 0 aliphatic heterocycles. The van der Waals surface area contributed by atoms with Crippen LogP contribution in [0, 0.1) is 0 Å². The van der Waals surface area contributed by atoms with Crippen LogP contribution in [0.25, 0.3) is 0 Å². The summed E-state index contributed by atoms with van der Waals surface area (Å²) in [7, 11) is -2.60. The fourth-order valence-electron chi connectivity index (χ4n) is 1.26. The normalized spacial score (nSPS) is 11.7. The van der Waals surface area contributed by atoms with Crippen molar-refractivity contribution in [1.82, 2.24) is 19.3 Å². The van der Waals surface area contributed by atoms with Gasteiger partial charge in [-0.15, -0.1) is 11.7 Å². The number of aryl methyl sites for hydroxylation is 1. The Bertz CT molecular complexity index is 548. The first kappa shape index (κ1) is 14.8. The monoisotopic (exact) mass is 338 g/mol. The van der Waals surface area contributed by atoms with Gasteiger partial charge in [0.05, 0.1) is 0 Å². The van der Waals surface area contributed by atoms with Gasteiger partial charge in [0, 0.05) is 13.6 Å². The molecule has 0 aromatic carbocycles. The van der Waals surface area contributed by atoms with E-state index in [4.69, 9.17) is 5.11 Å². The number of carboxylic acid groups (broad SMARTS) is 1. The summed E-state index contributed by atoms with van der Waals surface area (Å²) in [5, 5.41) is 15.6. The number of aliphatic carboxylic acids is 1. The molecule has 8 nitrogen and oxygen atoms in total. The fraction of sp³-hybridized carbons (Fsp3) is 0.375. The van der Waals surface area contributed by atoms with E-state index in [1.165, 1.54) is 13.1 Å². The van der Waals surface area contributed by atoms with Crippen molar-refractivity contribution in [3.8, 4) is 0 Å². The third kappa shape index (κ3) is 2.94. The largest absolute Gasteiger partial charge is 0.480 e. The maximum absolute atomic E-state index is 12.2. The van der Waals surface area contributed by atoms with Crippen LogP contribution in [0.4, 0.5) is 0 Å². The van der Waals surface area contributed by atoms with Crippen LogP contribution in [-0.2, 0) is 21.9 Å². The number of carboxylic acids is 1. The molecule has 1 N–H and O–H groups in total. The Labute approximate surface area is 112 Å². The highest BCUT2D eigenvalue weighted by molar-refractivity contribution is 9.10. The smallest absolute Gasteiger partial charge is 0.318 e. The van der Waals surface area contributed by atoms with Crippen LogP contribution in [-0.4, -0.2) is 51.9 Å². The molecule has 0 radical (unpaired) electrons. The Balaban J connectivity index is 3.25. The summed E-state index contributed by atoms with van der Waals surface area (Å²) >= 11 is 2.97. The Kier molecular flexibility index (Phi) is 4.59. The number of sulfonamides is 1. The number of halogens is 1. The molecule has 0 saturated heterocycles. The molecule has 18 heavy (non-hydrogen) atoms. The quantitative estimate of drug-likeness (QED) is 0.722. The predicted octanol–water partition coefficient (Wildman–Crippen LogP) is -0.161. The lowest BCUT2D eigenvalue weighted by Gasteiger charge is -2.18. The minimum atomic E-state index is -4.00. The van der Waals surface area contributed by atoms with Crippen LogP contribution in [0.15, 0.2) is 22.3 Å². The maximum Gasteiger partial charge on any atom is 0.318 e. The fourth-order valence-corrected chi connectivity index (χ4v) is 3.65. The van der Waals surface area contributed by atoms with Crippen molar-refractivity contribution in [3.63, 3.8) is 0 Å². The van der Waals surface area contributed by atoms with Crippen molar-refractivity contribution in [2.75, 3.05) is 13.1 Å². The standard InChI is InChI=1S/C8H11BrN4O4S/c1-3-4-13(5-6(14)15)18(16,17)8-7(9)10-11-12(8)2/h3H,1,4-5H2,2H3,(H,14,15).